The molecule has 0 saturated carbocycles. The van der Waals surface area contributed by atoms with Gasteiger partial charge in [-0.15, -0.1) is 11.3 Å². The summed E-state index contributed by atoms with van der Waals surface area (Å²) >= 11 is 1.54. The molecule has 2 heterocycles. The van der Waals surface area contributed by atoms with Crippen molar-refractivity contribution < 1.29 is 4.79 Å². The first-order valence-corrected chi connectivity index (χ1v) is 6.46. The first-order valence-electron chi connectivity index (χ1n) is 5.58. The maximum absolute atomic E-state index is 12.0. The molecule has 0 saturated heterocycles. The van der Waals surface area contributed by atoms with Crippen LogP contribution in [-0.4, -0.2) is 15.9 Å². The van der Waals surface area contributed by atoms with Gasteiger partial charge in [0.05, 0.1) is 21.3 Å². The first-order chi connectivity index (χ1) is 9.22. The van der Waals surface area contributed by atoms with E-state index >= 15 is 0 Å². The first kappa shape index (κ1) is 11.6. The number of carbonyl (C=O) groups is 1. The van der Waals surface area contributed by atoms with Crippen molar-refractivity contribution in [1.82, 2.24) is 9.97 Å². The third kappa shape index (κ3) is 2.38. The van der Waals surface area contributed by atoms with Gasteiger partial charge in [-0.1, -0.05) is 0 Å². The van der Waals surface area contributed by atoms with E-state index in [1.54, 1.807) is 17.6 Å². The van der Waals surface area contributed by atoms with E-state index in [1.165, 1.54) is 17.5 Å². The summed E-state index contributed by atoms with van der Waals surface area (Å²) in [6.45, 7) is 0. The van der Waals surface area contributed by atoms with E-state index in [0.29, 0.717) is 11.4 Å². The second kappa shape index (κ2) is 4.66. The highest BCUT2D eigenvalue weighted by atomic mass is 32.1. The molecule has 3 N–H and O–H groups in total. The molecule has 2 aromatic heterocycles. The van der Waals surface area contributed by atoms with Gasteiger partial charge in [-0.25, -0.2) is 9.97 Å². The Morgan fingerprint density at radius 1 is 1.21 bits per heavy atom. The Kier molecular flexibility index (Phi) is 2.85. The minimum Gasteiger partial charge on any atom is -0.384 e. The van der Waals surface area contributed by atoms with E-state index in [1.807, 2.05) is 18.2 Å². The average Bonchev–Trinajstić information content (AvgIpc) is 2.87. The zero-order valence-electron chi connectivity index (χ0n) is 9.83. The molecule has 0 radical (unpaired) electrons. The molecule has 3 aromatic rings. The summed E-state index contributed by atoms with van der Waals surface area (Å²) in [6.07, 6.45) is 1.45. The van der Waals surface area contributed by atoms with Crippen molar-refractivity contribution in [3.63, 3.8) is 0 Å². The van der Waals surface area contributed by atoms with Crippen molar-refractivity contribution in [2.45, 2.75) is 0 Å². The molecule has 0 fully saturated rings. The summed E-state index contributed by atoms with van der Waals surface area (Å²) < 4.78 is 1.04. The largest absolute Gasteiger partial charge is 0.384 e. The van der Waals surface area contributed by atoms with Crippen LogP contribution in [-0.2, 0) is 0 Å². The maximum atomic E-state index is 12.0. The molecule has 0 atom stereocenters. The molecule has 0 aliphatic carbocycles. The van der Waals surface area contributed by atoms with E-state index in [2.05, 4.69) is 15.3 Å². The van der Waals surface area contributed by atoms with Crippen LogP contribution in [0.25, 0.3) is 10.2 Å². The van der Waals surface area contributed by atoms with E-state index in [0.717, 1.165) is 15.9 Å². The van der Waals surface area contributed by atoms with E-state index in [-0.39, 0.29) is 5.91 Å². The second-order valence-electron chi connectivity index (χ2n) is 3.96. The minimum atomic E-state index is -0.212. The van der Waals surface area contributed by atoms with Crippen LogP contribution in [0.2, 0.25) is 0 Å². The van der Waals surface area contributed by atoms with Crippen LogP contribution in [0.3, 0.4) is 0 Å². The third-order valence-corrected chi connectivity index (χ3v) is 3.43. The lowest BCUT2D eigenvalue weighted by Crippen LogP contribution is -2.12. The third-order valence-electron chi connectivity index (χ3n) is 2.64. The van der Waals surface area contributed by atoms with Crippen LogP contribution in [0, 0.1) is 0 Å². The molecular weight excluding hydrogens is 260 g/mol. The smallest absolute Gasteiger partial charge is 0.257 e. The van der Waals surface area contributed by atoms with Gasteiger partial charge in [0.1, 0.15) is 5.82 Å². The van der Waals surface area contributed by atoms with Gasteiger partial charge in [-0.3, -0.25) is 4.79 Å². The van der Waals surface area contributed by atoms with Crippen LogP contribution in [0.1, 0.15) is 10.4 Å². The quantitative estimate of drug-likeness (QED) is 0.749. The van der Waals surface area contributed by atoms with Crippen molar-refractivity contribution in [3.8, 4) is 0 Å². The highest BCUT2D eigenvalue weighted by Gasteiger charge is 2.07. The number of hydrogen-bond acceptors (Lipinski definition) is 5. The van der Waals surface area contributed by atoms with Gasteiger partial charge in [0.25, 0.3) is 5.91 Å². The van der Waals surface area contributed by atoms with Crippen molar-refractivity contribution in [1.29, 1.82) is 0 Å². The molecule has 0 unspecified atom stereocenters. The predicted octanol–water partition coefficient (Wildman–Crippen LogP) is 2.53. The van der Waals surface area contributed by atoms with Gasteiger partial charge in [-0.05, 0) is 30.3 Å². The molecule has 0 bridgehead atoms. The number of nitrogens with two attached hydrogens (primary N) is 1. The highest BCUT2D eigenvalue weighted by molar-refractivity contribution is 7.16. The maximum Gasteiger partial charge on any atom is 0.257 e. The number of nitrogen functional groups attached to an aromatic ring is 1. The molecule has 1 aromatic carbocycles. The fourth-order valence-electron chi connectivity index (χ4n) is 1.68. The summed E-state index contributed by atoms with van der Waals surface area (Å²) in [5.74, 6) is 0.180. The van der Waals surface area contributed by atoms with Gasteiger partial charge in [0, 0.05) is 11.9 Å². The second-order valence-corrected chi connectivity index (χ2v) is 4.85. The lowest BCUT2D eigenvalue weighted by Gasteiger charge is -2.05. The fraction of sp³-hybridized carbons (Fsp3) is 0. The van der Waals surface area contributed by atoms with Crippen molar-refractivity contribution in [2.24, 2.45) is 0 Å². The van der Waals surface area contributed by atoms with Crippen LogP contribution < -0.4 is 11.1 Å². The lowest BCUT2D eigenvalue weighted by atomic mass is 10.2. The summed E-state index contributed by atoms with van der Waals surface area (Å²) in [4.78, 5) is 20.1. The summed E-state index contributed by atoms with van der Waals surface area (Å²) in [5, 5.41) is 2.82. The summed E-state index contributed by atoms with van der Waals surface area (Å²) in [5.41, 5.74) is 9.39. The Morgan fingerprint density at radius 2 is 2.11 bits per heavy atom. The Morgan fingerprint density at radius 3 is 2.89 bits per heavy atom. The topological polar surface area (TPSA) is 80.9 Å². The standard InChI is InChI=1S/C13H10N4OS/c14-12-4-1-8(6-15-12)13(18)17-9-2-3-10-11(5-9)19-7-16-10/h1-7H,(H2,14,15)(H,17,18). The summed E-state index contributed by atoms with van der Waals surface area (Å²) in [6, 6.07) is 8.84. The average molecular weight is 270 g/mol. The molecule has 0 spiro atoms. The lowest BCUT2D eigenvalue weighted by molar-refractivity contribution is 0.102. The zero-order valence-corrected chi connectivity index (χ0v) is 10.6. The van der Waals surface area contributed by atoms with Gasteiger partial charge < -0.3 is 11.1 Å². The number of pyridine rings is 1. The van der Waals surface area contributed by atoms with Gasteiger partial charge >= 0.3 is 0 Å². The number of fused-ring (bicyclic) bond motifs is 1. The number of carbonyl (C=O) groups excluding carboxylic acids is 1. The van der Waals surface area contributed by atoms with Crippen molar-refractivity contribution in [3.05, 3.63) is 47.6 Å². The van der Waals surface area contributed by atoms with E-state index in [9.17, 15) is 4.79 Å². The molecular formula is C13H10N4OS. The molecule has 94 valence electrons. The van der Waals surface area contributed by atoms with Crippen molar-refractivity contribution >= 4 is 39.0 Å². The monoisotopic (exact) mass is 270 g/mol. The Bertz CT molecular complexity index is 736. The van der Waals surface area contributed by atoms with Crippen LogP contribution in [0.4, 0.5) is 11.5 Å². The number of anilines is 2. The highest BCUT2D eigenvalue weighted by Crippen LogP contribution is 2.22. The molecule has 6 heteroatoms. The molecule has 0 aliphatic heterocycles. The van der Waals surface area contributed by atoms with E-state index < -0.39 is 0 Å². The molecule has 1 amide bonds. The normalized spacial score (nSPS) is 10.5. The number of rotatable bonds is 2. The van der Waals surface area contributed by atoms with Gasteiger partial charge in [0.2, 0.25) is 0 Å². The predicted molar refractivity (Wildman–Crippen MR) is 76.2 cm³/mol. The van der Waals surface area contributed by atoms with Crippen LogP contribution in [0.15, 0.2) is 42.0 Å². The van der Waals surface area contributed by atoms with Crippen molar-refractivity contribution in [2.75, 3.05) is 11.1 Å². The zero-order chi connectivity index (χ0) is 13.2. The molecule has 3 rings (SSSR count). The van der Waals surface area contributed by atoms with Gasteiger partial charge in [-0.2, -0.15) is 0 Å². The summed E-state index contributed by atoms with van der Waals surface area (Å²) in [7, 11) is 0. The number of aromatic nitrogens is 2. The SMILES string of the molecule is Nc1ccc(C(=O)Nc2ccc3ncsc3c2)cn1. The molecule has 5 nitrogen and oxygen atoms in total. The Labute approximate surface area is 113 Å². The number of nitrogens with one attached hydrogen (secondary N) is 1. The van der Waals surface area contributed by atoms with Crippen LogP contribution in [0.5, 0.6) is 0 Å². The number of benzene rings is 1. The fourth-order valence-corrected chi connectivity index (χ4v) is 2.39. The number of amides is 1. The van der Waals surface area contributed by atoms with E-state index in [4.69, 9.17) is 5.73 Å². The number of thiazole rings is 1. The van der Waals surface area contributed by atoms with Gasteiger partial charge in [0.15, 0.2) is 0 Å². The Hall–Kier alpha value is -2.47. The number of hydrogen-bond donors (Lipinski definition) is 2. The Balaban J connectivity index is 1.83. The minimum absolute atomic E-state index is 0.212. The molecule has 19 heavy (non-hydrogen) atoms. The molecule has 0 aliphatic rings. The van der Waals surface area contributed by atoms with Crippen LogP contribution >= 0.6 is 11.3 Å². The number of nitrogens with zero attached hydrogens (tertiary/aromatic N) is 2.